The fourth-order valence-corrected chi connectivity index (χ4v) is 1.32. The van der Waals surface area contributed by atoms with Crippen molar-refractivity contribution in [2.24, 2.45) is 0 Å². The van der Waals surface area contributed by atoms with Crippen molar-refractivity contribution >= 4 is 0 Å². The van der Waals surface area contributed by atoms with Crippen LogP contribution in [0, 0.1) is 0 Å². The molecule has 1 N–H and O–H groups in total. The van der Waals surface area contributed by atoms with E-state index >= 15 is 0 Å². The molecule has 1 aromatic rings. The van der Waals surface area contributed by atoms with Crippen LogP contribution >= 0.6 is 0 Å². The molecule has 0 fully saturated rings. The van der Waals surface area contributed by atoms with Gasteiger partial charge in [-0.05, 0) is 37.7 Å². The van der Waals surface area contributed by atoms with E-state index in [0.717, 1.165) is 12.1 Å². The summed E-state index contributed by atoms with van der Waals surface area (Å²) in [5, 5.41) is 2.89. The molecule has 0 unspecified atom stereocenters. The van der Waals surface area contributed by atoms with E-state index in [1.54, 1.807) is 20.0 Å². The van der Waals surface area contributed by atoms with Gasteiger partial charge in [-0.25, -0.2) is 0 Å². The van der Waals surface area contributed by atoms with E-state index in [2.05, 4.69) is 5.32 Å². The Labute approximate surface area is 92.4 Å². The van der Waals surface area contributed by atoms with Gasteiger partial charge in [0.15, 0.2) is 0 Å². The van der Waals surface area contributed by atoms with Gasteiger partial charge >= 0.3 is 6.18 Å². The molecule has 0 aliphatic carbocycles. The highest BCUT2D eigenvalue weighted by Gasteiger charge is 2.31. The van der Waals surface area contributed by atoms with Crippen molar-refractivity contribution in [3.05, 3.63) is 29.3 Å². The Hall–Kier alpha value is -1.23. The lowest BCUT2D eigenvalue weighted by atomic mass is 10.0. The number of nitrogens with one attached hydrogen (secondary N) is 1. The number of alkyl halides is 3. The molecule has 0 saturated carbocycles. The van der Waals surface area contributed by atoms with Gasteiger partial charge in [-0.1, -0.05) is 0 Å². The Bertz CT molecular complexity index is 363. The van der Waals surface area contributed by atoms with Crippen LogP contribution in [0.15, 0.2) is 18.2 Å². The number of ether oxygens (including phenoxy) is 1. The molecule has 5 heteroatoms. The third-order valence-corrected chi connectivity index (χ3v) is 2.42. The van der Waals surface area contributed by atoms with Gasteiger partial charge in [0.2, 0.25) is 0 Å². The minimum absolute atomic E-state index is 0.156. The fraction of sp³-hybridized carbons (Fsp3) is 0.455. The molecule has 1 aromatic carbocycles. The van der Waals surface area contributed by atoms with Crippen LogP contribution in [0.2, 0.25) is 0 Å². The van der Waals surface area contributed by atoms with E-state index in [0.29, 0.717) is 5.56 Å². The molecule has 1 rings (SSSR count). The molecule has 0 radical (unpaired) electrons. The third kappa shape index (κ3) is 2.88. The Kier molecular flexibility index (Phi) is 3.80. The van der Waals surface area contributed by atoms with Crippen molar-refractivity contribution in [2.45, 2.75) is 19.1 Å². The summed E-state index contributed by atoms with van der Waals surface area (Å²) in [7, 11) is 3.04. The topological polar surface area (TPSA) is 21.3 Å². The average Bonchev–Trinajstić information content (AvgIpc) is 2.26. The van der Waals surface area contributed by atoms with E-state index in [9.17, 15) is 13.2 Å². The number of methoxy groups -OCH3 is 1. The molecule has 0 heterocycles. The predicted octanol–water partition coefficient (Wildman–Crippen LogP) is 2.99. The first-order valence-corrected chi connectivity index (χ1v) is 4.82. The van der Waals surface area contributed by atoms with Crippen molar-refractivity contribution < 1.29 is 17.9 Å². The molecule has 0 spiro atoms. The van der Waals surface area contributed by atoms with Gasteiger partial charge in [0, 0.05) is 6.04 Å². The zero-order valence-electron chi connectivity index (χ0n) is 9.35. The molecule has 2 nitrogen and oxygen atoms in total. The molecular weight excluding hydrogens is 219 g/mol. The van der Waals surface area contributed by atoms with Crippen molar-refractivity contribution in [1.82, 2.24) is 5.32 Å². The summed E-state index contributed by atoms with van der Waals surface area (Å²) in [6.45, 7) is 1.79. The maximum absolute atomic E-state index is 12.6. The average molecular weight is 233 g/mol. The molecule has 0 amide bonds. The zero-order valence-corrected chi connectivity index (χ0v) is 9.35. The molecule has 16 heavy (non-hydrogen) atoms. The number of halogens is 3. The first-order chi connectivity index (χ1) is 7.38. The monoisotopic (exact) mass is 233 g/mol. The summed E-state index contributed by atoms with van der Waals surface area (Å²) in [6.07, 6.45) is -4.35. The molecule has 0 aliphatic rings. The molecule has 0 aromatic heterocycles. The smallest absolute Gasteiger partial charge is 0.416 e. The molecule has 0 saturated heterocycles. The van der Waals surface area contributed by atoms with Gasteiger partial charge in [-0.2, -0.15) is 13.2 Å². The Balaban J connectivity index is 3.21. The summed E-state index contributed by atoms with van der Waals surface area (Å²) >= 11 is 0. The first-order valence-electron chi connectivity index (χ1n) is 4.82. The summed E-state index contributed by atoms with van der Waals surface area (Å²) in [5.74, 6) is 0.215. The quantitative estimate of drug-likeness (QED) is 0.866. The molecule has 0 aliphatic heterocycles. The van der Waals surface area contributed by atoms with Gasteiger partial charge in [-0.15, -0.1) is 0 Å². The maximum atomic E-state index is 12.6. The van der Waals surface area contributed by atoms with E-state index in [1.165, 1.54) is 7.11 Å². The maximum Gasteiger partial charge on any atom is 0.416 e. The third-order valence-electron chi connectivity index (χ3n) is 2.42. The predicted molar refractivity (Wildman–Crippen MR) is 55.5 cm³/mol. The second kappa shape index (κ2) is 4.74. The number of benzene rings is 1. The van der Waals surface area contributed by atoms with Gasteiger partial charge in [0.1, 0.15) is 5.75 Å². The number of hydrogen-bond donors (Lipinski definition) is 1. The summed E-state index contributed by atoms with van der Waals surface area (Å²) in [5.41, 5.74) is -0.141. The van der Waals surface area contributed by atoms with Crippen LogP contribution in [-0.2, 0) is 6.18 Å². The largest absolute Gasteiger partial charge is 0.497 e. The second-order valence-electron chi connectivity index (χ2n) is 3.50. The van der Waals surface area contributed by atoms with Crippen LogP contribution in [0.25, 0.3) is 0 Å². The van der Waals surface area contributed by atoms with Gasteiger partial charge in [0.05, 0.1) is 12.7 Å². The minimum atomic E-state index is -4.35. The van der Waals surface area contributed by atoms with Gasteiger partial charge in [-0.3, -0.25) is 0 Å². The lowest BCUT2D eigenvalue weighted by Crippen LogP contribution is -2.14. The van der Waals surface area contributed by atoms with Crippen LogP contribution in [0.4, 0.5) is 13.2 Å². The van der Waals surface area contributed by atoms with Gasteiger partial charge in [0.25, 0.3) is 0 Å². The zero-order chi connectivity index (χ0) is 12.3. The van der Waals surface area contributed by atoms with Crippen LogP contribution in [0.3, 0.4) is 0 Å². The normalized spacial score (nSPS) is 13.6. The van der Waals surface area contributed by atoms with E-state index < -0.39 is 11.7 Å². The molecule has 0 bridgehead atoms. The van der Waals surface area contributed by atoms with Crippen molar-refractivity contribution in [3.63, 3.8) is 0 Å². The highest BCUT2D eigenvalue weighted by atomic mass is 19.4. The van der Waals surface area contributed by atoms with E-state index in [-0.39, 0.29) is 11.8 Å². The van der Waals surface area contributed by atoms with Gasteiger partial charge < -0.3 is 10.1 Å². The Morgan fingerprint density at radius 3 is 2.31 bits per heavy atom. The molecular formula is C11H14F3NO. The lowest BCUT2D eigenvalue weighted by molar-refractivity contribution is -0.137. The Morgan fingerprint density at radius 2 is 1.88 bits per heavy atom. The van der Waals surface area contributed by atoms with Crippen LogP contribution in [0.1, 0.15) is 24.1 Å². The summed E-state index contributed by atoms with van der Waals surface area (Å²) in [6, 6.07) is 3.56. The number of rotatable bonds is 3. The minimum Gasteiger partial charge on any atom is -0.497 e. The number of hydrogen-bond acceptors (Lipinski definition) is 2. The lowest BCUT2D eigenvalue weighted by Gasteiger charge is -2.15. The van der Waals surface area contributed by atoms with Crippen molar-refractivity contribution in [2.75, 3.05) is 14.2 Å². The summed E-state index contributed by atoms with van der Waals surface area (Å²) in [4.78, 5) is 0. The van der Waals surface area contributed by atoms with E-state index in [4.69, 9.17) is 4.74 Å². The second-order valence-corrected chi connectivity index (χ2v) is 3.50. The molecule has 1 atom stereocenters. The van der Waals surface area contributed by atoms with Crippen LogP contribution in [0.5, 0.6) is 5.75 Å². The standard InChI is InChI=1S/C11H14F3NO/c1-7(15-2)8-4-9(11(12,13)14)6-10(5-8)16-3/h4-7,15H,1-3H3/t7-/m1/s1. The summed E-state index contributed by atoms with van der Waals surface area (Å²) < 4.78 is 42.6. The Morgan fingerprint density at radius 1 is 1.25 bits per heavy atom. The SMILES string of the molecule is CN[C@H](C)c1cc(OC)cc(C(F)(F)F)c1. The van der Waals surface area contributed by atoms with Crippen LogP contribution < -0.4 is 10.1 Å². The fourth-order valence-electron chi connectivity index (χ4n) is 1.32. The molecule has 90 valence electrons. The highest BCUT2D eigenvalue weighted by molar-refractivity contribution is 5.37. The highest BCUT2D eigenvalue weighted by Crippen LogP contribution is 2.33. The van der Waals surface area contributed by atoms with Crippen LogP contribution in [-0.4, -0.2) is 14.2 Å². The first kappa shape index (κ1) is 12.8. The van der Waals surface area contributed by atoms with Crippen molar-refractivity contribution in [3.8, 4) is 5.75 Å². The van der Waals surface area contributed by atoms with Crippen molar-refractivity contribution in [1.29, 1.82) is 0 Å². The van der Waals surface area contributed by atoms with E-state index in [1.807, 2.05) is 0 Å².